The van der Waals surface area contributed by atoms with Crippen molar-refractivity contribution in [2.24, 2.45) is 0 Å². The molecule has 1 saturated carbocycles. The predicted octanol–water partition coefficient (Wildman–Crippen LogP) is 1.99. The monoisotopic (exact) mass is 271 g/mol. The van der Waals surface area contributed by atoms with Crippen molar-refractivity contribution in [1.29, 1.82) is 0 Å². The van der Waals surface area contributed by atoms with E-state index in [9.17, 15) is 8.42 Å². The van der Waals surface area contributed by atoms with E-state index in [0.717, 1.165) is 12.8 Å². The van der Waals surface area contributed by atoms with Crippen LogP contribution in [0.1, 0.15) is 51.3 Å². The second-order valence-corrected chi connectivity index (χ2v) is 6.96. The summed E-state index contributed by atoms with van der Waals surface area (Å²) >= 11 is 0. The fourth-order valence-electron chi connectivity index (χ4n) is 2.46. The minimum Gasteiger partial charge on any atom is -0.268 e. The first-order chi connectivity index (χ1) is 8.40. The lowest BCUT2D eigenvalue weighted by atomic mass is 10.3. The maximum Gasteiger partial charge on any atom is 0.244 e. The summed E-state index contributed by atoms with van der Waals surface area (Å²) in [5.41, 5.74) is 0.579. The molecular weight excluding hydrogens is 250 g/mol. The normalized spacial score (nSPS) is 17.8. The lowest BCUT2D eigenvalue weighted by Gasteiger charge is -2.09. The zero-order valence-corrected chi connectivity index (χ0v) is 12.0. The molecule has 0 atom stereocenters. The molecule has 6 heteroatoms. The van der Waals surface area contributed by atoms with Gasteiger partial charge in [0.1, 0.15) is 4.90 Å². The maximum atomic E-state index is 12.1. The van der Waals surface area contributed by atoms with E-state index in [2.05, 4.69) is 9.82 Å². The van der Waals surface area contributed by atoms with Crippen LogP contribution in [-0.4, -0.2) is 24.2 Å². The molecule has 0 spiro atoms. The summed E-state index contributed by atoms with van der Waals surface area (Å²) in [6.45, 7) is 5.38. The Morgan fingerprint density at radius 1 is 1.39 bits per heavy atom. The van der Waals surface area contributed by atoms with E-state index in [0.29, 0.717) is 16.6 Å². The molecule has 2 rings (SSSR count). The highest BCUT2D eigenvalue weighted by molar-refractivity contribution is 7.89. The van der Waals surface area contributed by atoms with Crippen LogP contribution >= 0.6 is 0 Å². The van der Waals surface area contributed by atoms with E-state index in [1.165, 1.54) is 12.8 Å². The molecular formula is C12H21N3O2S. The Balaban J connectivity index is 2.28. The van der Waals surface area contributed by atoms with Crippen LogP contribution in [-0.2, 0) is 10.0 Å². The summed E-state index contributed by atoms with van der Waals surface area (Å²) in [4.78, 5) is 0.308. The number of hydrogen-bond acceptors (Lipinski definition) is 3. The molecule has 0 aromatic carbocycles. The van der Waals surface area contributed by atoms with Gasteiger partial charge in [0.25, 0.3) is 0 Å². The number of rotatable bonds is 4. The van der Waals surface area contributed by atoms with Crippen molar-refractivity contribution in [2.75, 3.05) is 0 Å². The smallest absolute Gasteiger partial charge is 0.244 e. The van der Waals surface area contributed by atoms with E-state index in [-0.39, 0.29) is 6.04 Å². The first-order valence-electron chi connectivity index (χ1n) is 6.48. The third kappa shape index (κ3) is 2.75. The van der Waals surface area contributed by atoms with Crippen LogP contribution < -0.4 is 4.72 Å². The Kier molecular flexibility index (Phi) is 3.77. The van der Waals surface area contributed by atoms with Crippen LogP contribution in [0.4, 0.5) is 0 Å². The summed E-state index contributed by atoms with van der Waals surface area (Å²) in [5, 5.41) is 4.36. The van der Waals surface area contributed by atoms with Gasteiger partial charge in [-0.1, -0.05) is 12.8 Å². The van der Waals surface area contributed by atoms with Gasteiger partial charge in [0.15, 0.2) is 0 Å². The first kappa shape index (κ1) is 13.5. The van der Waals surface area contributed by atoms with Crippen molar-refractivity contribution < 1.29 is 8.42 Å². The Bertz CT molecular complexity index is 513. The SMILES string of the molecule is Cc1nn(C2CCCC2)cc1S(=O)(=O)NC(C)C. The molecule has 0 radical (unpaired) electrons. The van der Waals surface area contributed by atoms with Crippen LogP contribution in [0, 0.1) is 6.92 Å². The Morgan fingerprint density at radius 3 is 2.56 bits per heavy atom. The summed E-state index contributed by atoms with van der Waals surface area (Å²) in [7, 11) is -3.43. The average molecular weight is 271 g/mol. The third-order valence-electron chi connectivity index (χ3n) is 3.25. The predicted molar refractivity (Wildman–Crippen MR) is 69.9 cm³/mol. The van der Waals surface area contributed by atoms with Crippen molar-refractivity contribution in [3.8, 4) is 0 Å². The molecule has 102 valence electrons. The van der Waals surface area contributed by atoms with E-state index in [4.69, 9.17) is 0 Å². The van der Waals surface area contributed by atoms with Crippen molar-refractivity contribution in [1.82, 2.24) is 14.5 Å². The van der Waals surface area contributed by atoms with E-state index >= 15 is 0 Å². The minimum atomic E-state index is -3.43. The fourth-order valence-corrected chi connectivity index (χ4v) is 3.88. The second-order valence-electron chi connectivity index (χ2n) is 5.27. The molecule has 0 unspecified atom stereocenters. The molecule has 1 aromatic heterocycles. The lowest BCUT2D eigenvalue weighted by Crippen LogP contribution is -2.30. The van der Waals surface area contributed by atoms with Crippen molar-refractivity contribution in [3.63, 3.8) is 0 Å². The van der Waals surface area contributed by atoms with E-state index in [1.807, 2.05) is 18.5 Å². The Morgan fingerprint density at radius 2 is 2.00 bits per heavy atom. The number of aryl methyl sites for hydroxylation is 1. The van der Waals surface area contributed by atoms with Crippen LogP contribution in [0.3, 0.4) is 0 Å². The van der Waals surface area contributed by atoms with Crippen molar-refractivity contribution in [3.05, 3.63) is 11.9 Å². The van der Waals surface area contributed by atoms with Crippen LogP contribution in [0.15, 0.2) is 11.1 Å². The maximum absolute atomic E-state index is 12.1. The van der Waals surface area contributed by atoms with Crippen LogP contribution in [0.2, 0.25) is 0 Å². The third-order valence-corrected chi connectivity index (χ3v) is 5.01. The first-order valence-corrected chi connectivity index (χ1v) is 7.96. The van der Waals surface area contributed by atoms with Gasteiger partial charge in [-0.25, -0.2) is 13.1 Å². The number of sulfonamides is 1. The molecule has 1 aliphatic rings. The highest BCUT2D eigenvalue weighted by atomic mass is 32.2. The average Bonchev–Trinajstić information content (AvgIpc) is 2.82. The highest BCUT2D eigenvalue weighted by Gasteiger charge is 2.24. The molecule has 0 saturated heterocycles. The van der Waals surface area contributed by atoms with Gasteiger partial charge in [-0.3, -0.25) is 4.68 Å². The van der Waals surface area contributed by atoms with Gasteiger partial charge in [0.2, 0.25) is 10.0 Å². The molecule has 1 aromatic rings. The molecule has 18 heavy (non-hydrogen) atoms. The van der Waals surface area contributed by atoms with Crippen LogP contribution in [0.25, 0.3) is 0 Å². The Hall–Kier alpha value is -0.880. The number of aromatic nitrogens is 2. The zero-order valence-electron chi connectivity index (χ0n) is 11.2. The summed E-state index contributed by atoms with van der Waals surface area (Å²) in [5.74, 6) is 0. The van der Waals surface area contributed by atoms with E-state index in [1.54, 1.807) is 13.1 Å². The fraction of sp³-hybridized carbons (Fsp3) is 0.750. The molecule has 1 aliphatic carbocycles. The topological polar surface area (TPSA) is 64.0 Å². The van der Waals surface area contributed by atoms with Gasteiger partial charge in [-0.2, -0.15) is 5.10 Å². The van der Waals surface area contributed by atoms with Gasteiger partial charge < -0.3 is 0 Å². The summed E-state index contributed by atoms with van der Waals surface area (Å²) < 4.78 is 28.7. The quantitative estimate of drug-likeness (QED) is 0.911. The summed E-state index contributed by atoms with van der Waals surface area (Å²) in [6.07, 6.45) is 6.28. The minimum absolute atomic E-state index is 0.107. The number of nitrogens with zero attached hydrogens (tertiary/aromatic N) is 2. The molecule has 1 N–H and O–H groups in total. The van der Waals surface area contributed by atoms with Gasteiger partial charge in [0, 0.05) is 12.2 Å². The van der Waals surface area contributed by atoms with Crippen molar-refractivity contribution >= 4 is 10.0 Å². The lowest BCUT2D eigenvalue weighted by molar-refractivity contribution is 0.464. The molecule has 5 nitrogen and oxygen atoms in total. The zero-order chi connectivity index (χ0) is 13.3. The van der Waals surface area contributed by atoms with Gasteiger partial charge >= 0.3 is 0 Å². The number of hydrogen-bond donors (Lipinski definition) is 1. The standard InChI is InChI=1S/C12H21N3O2S/c1-9(2)14-18(16,17)12-8-15(13-10(12)3)11-6-4-5-7-11/h8-9,11,14H,4-7H2,1-3H3. The molecule has 0 aliphatic heterocycles. The second kappa shape index (κ2) is 5.01. The van der Waals surface area contributed by atoms with Gasteiger partial charge in [-0.05, 0) is 33.6 Å². The highest BCUT2D eigenvalue weighted by Crippen LogP contribution is 2.30. The van der Waals surface area contributed by atoms with Gasteiger partial charge in [0.05, 0.1) is 11.7 Å². The van der Waals surface area contributed by atoms with E-state index < -0.39 is 10.0 Å². The molecule has 1 heterocycles. The molecule has 0 amide bonds. The van der Waals surface area contributed by atoms with Crippen molar-refractivity contribution in [2.45, 2.75) is 63.4 Å². The molecule has 1 fully saturated rings. The van der Waals surface area contributed by atoms with Crippen LogP contribution in [0.5, 0.6) is 0 Å². The number of nitrogens with one attached hydrogen (secondary N) is 1. The Labute approximate surface area is 109 Å². The largest absolute Gasteiger partial charge is 0.268 e. The summed E-state index contributed by atoms with van der Waals surface area (Å²) in [6, 6.07) is 0.260. The van der Waals surface area contributed by atoms with Gasteiger partial charge in [-0.15, -0.1) is 0 Å². The molecule has 0 bridgehead atoms.